The normalized spacial score (nSPS) is 17.9. The largest absolute Gasteiger partial charge is 0.481 e. The average Bonchev–Trinajstić information content (AvgIpc) is 2.72. The summed E-state index contributed by atoms with van der Waals surface area (Å²) < 4.78 is 26.4. The van der Waals surface area contributed by atoms with Crippen LogP contribution in [0.2, 0.25) is 0 Å². The van der Waals surface area contributed by atoms with Crippen LogP contribution in [0.15, 0.2) is 53.7 Å². The molecule has 154 valence electrons. The molecule has 1 saturated heterocycles. The molecule has 29 heavy (non-hydrogen) atoms. The van der Waals surface area contributed by atoms with E-state index in [1.165, 1.54) is 24.3 Å². The first kappa shape index (κ1) is 20.9. The van der Waals surface area contributed by atoms with E-state index in [1.54, 1.807) is 24.3 Å². The number of carbonyl (C=O) groups is 1. The number of likely N-dealkylation sites (tertiary alicyclic amines) is 1. The summed E-state index contributed by atoms with van der Waals surface area (Å²) in [6, 6.07) is 12.1. The zero-order chi connectivity index (χ0) is 20.6. The third-order valence-electron chi connectivity index (χ3n) is 4.99. The van der Waals surface area contributed by atoms with Crippen LogP contribution < -0.4 is 0 Å². The highest BCUT2D eigenvalue weighted by atomic mass is 19.1. The number of hydrogen-bond donors (Lipinski definition) is 1. The second-order valence-corrected chi connectivity index (χ2v) is 7.16. The zero-order valence-electron chi connectivity index (χ0n) is 16.1. The van der Waals surface area contributed by atoms with Crippen molar-refractivity contribution in [2.24, 2.45) is 11.1 Å². The van der Waals surface area contributed by atoms with E-state index in [-0.39, 0.29) is 17.6 Å². The van der Waals surface area contributed by atoms with E-state index < -0.39 is 5.97 Å². The monoisotopic (exact) mass is 402 g/mol. The van der Waals surface area contributed by atoms with Gasteiger partial charge in [0.1, 0.15) is 18.2 Å². The van der Waals surface area contributed by atoms with Crippen LogP contribution in [0.4, 0.5) is 8.78 Å². The quantitative estimate of drug-likeness (QED) is 0.415. The molecule has 1 heterocycles. The van der Waals surface area contributed by atoms with Gasteiger partial charge in [-0.15, -0.1) is 0 Å². The molecule has 1 unspecified atom stereocenters. The smallest absolute Gasteiger partial charge is 0.307 e. The molecule has 0 amide bonds. The Hall–Kier alpha value is -2.80. The minimum atomic E-state index is -0.758. The lowest BCUT2D eigenvalue weighted by Gasteiger charge is -2.29. The number of carboxylic acids is 1. The molecule has 2 aromatic rings. The zero-order valence-corrected chi connectivity index (χ0v) is 16.1. The van der Waals surface area contributed by atoms with Gasteiger partial charge in [-0.2, -0.15) is 0 Å². The molecule has 3 rings (SSSR count). The van der Waals surface area contributed by atoms with Crippen LogP contribution in [-0.2, 0) is 16.1 Å². The van der Waals surface area contributed by atoms with Crippen molar-refractivity contribution < 1.29 is 23.5 Å². The highest BCUT2D eigenvalue weighted by Gasteiger charge is 2.24. The molecular weight excluding hydrogens is 378 g/mol. The highest BCUT2D eigenvalue weighted by molar-refractivity contribution is 6.01. The second-order valence-electron chi connectivity index (χ2n) is 7.16. The first-order valence-corrected chi connectivity index (χ1v) is 9.65. The molecule has 0 bridgehead atoms. The summed E-state index contributed by atoms with van der Waals surface area (Å²) in [6.07, 6.45) is 1.97. The second kappa shape index (κ2) is 10.1. The number of carboxylic acid groups (broad SMARTS) is 1. The van der Waals surface area contributed by atoms with E-state index in [1.807, 2.05) is 0 Å². The minimum Gasteiger partial charge on any atom is -0.481 e. The van der Waals surface area contributed by atoms with Crippen LogP contribution in [0, 0.1) is 17.6 Å². The molecule has 7 heteroatoms. The Morgan fingerprint density at radius 1 is 1.10 bits per heavy atom. The van der Waals surface area contributed by atoms with Gasteiger partial charge in [-0.1, -0.05) is 29.4 Å². The summed E-state index contributed by atoms with van der Waals surface area (Å²) in [6.45, 7) is 2.26. The van der Waals surface area contributed by atoms with Crippen LogP contribution in [0.5, 0.6) is 0 Å². The van der Waals surface area contributed by atoms with Gasteiger partial charge >= 0.3 is 5.97 Å². The summed E-state index contributed by atoms with van der Waals surface area (Å²) >= 11 is 0. The van der Waals surface area contributed by atoms with Crippen molar-refractivity contribution in [1.29, 1.82) is 0 Å². The molecule has 0 spiro atoms. The van der Waals surface area contributed by atoms with Crippen LogP contribution in [0.1, 0.15) is 24.0 Å². The van der Waals surface area contributed by atoms with Crippen molar-refractivity contribution in [2.45, 2.75) is 19.3 Å². The van der Waals surface area contributed by atoms with E-state index >= 15 is 0 Å². The topological polar surface area (TPSA) is 62.1 Å². The van der Waals surface area contributed by atoms with Crippen molar-refractivity contribution in [3.63, 3.8) is 0 Å². The van der Waals surface area contributed by atoms with Crippen LogP contribution in [-0.4, -0.2) is 47.9 Å². The van der Waals surface area contributed by atoms with Gasteiger partial charge in [-0.25, -0.2) is 8.78 Å². The van der Waals surface area contributed by atoms with E-state index in [0.29, 0.717) is 38.2 Å². The minimum absolute atomic E-state index is 0.313. The van der Waals surface area contributed by atoms with Gasteiger partial charge in [0.15, 0.2) is 0 Å². The summed E-state index contributed by atoms with van der Waals surface area (Å²) in [5.74, 6) is -1.74. The third-order valence-corrected chi connectivity index (χ3v) is 4.99. The number of hydrogen-bond acceptors (Lipinski definition) is 4. The van der Waals surface area contributed by atoms with Crippen molar-refractivity contribution in [2.75, 3.05) is 26.2 Å². The SMILES string of the molecule is O=C(O)C1CCCN(CCON=C(Cc2ccc(F)cc2)c2ccc(F)cc2)C1. The molecule has 1 aliphatic rings. The van der Waals surface area contributed by atoms with E-state index in [0.717, 1.165) is 24.1 Å². The maximum atomic E-state index is 13.3. The lowest BCUT2D eigenvalue weighted by molar-refractivity contribution is -0.143. The molecule has 0 aromatic heterocycles. The van der Waals surface area contributed by atoms with Crippen LogP contribution >= 0.6 is 0 Å². The Bertz CT molecular complexity index is 838. The number of oxime groups is 1. The summed E-state index contributed by atoms with van der Waals surface area (Å²) in [7, 11) is 0. The predicted molar refractivity (Wildman–Crippen MR) is 106 cm³/mol. The first-order chi connectivity index (χ1) is 14.0. The number of rotatable bonds is 8. The predicted octanol–water partition coefficient (Wildman–Crippen LogP) is 3.72. The van der Waals surface area contributed by atoms with E-state index in [4.69, 9.17) is 4.84 Å². The molecule has 1 N–H and O–H groups in total. The molecule has 1 fully saturated rings. The number of halogens is 2. The number of nitrogens with zero attached hydrogens (tertiary/aromatic N) is 2. The molecule has 0 aliphatic carbocycles. The third kappa shape index (κ3) is 6.35. The molecular formula is C22H24F2N2O3. The van der Waals surface area contributed by atoms with Gasteiger partial charge in [0.05, 0.1) is 11.6 Å². The van der Waals surface area contributed by atoms with Gasteiger partial charge in [0.2, 0.25) is 0 Å². The summed E-state index contributed by atoms with van der Waals surface area (Å²) in [5.41, 5.74) is 2.19. The molecule has 1 aliphatic heterocycles. The standard InChI is InChI=1S/C22H24F2N2O3/c23-19-7-3-16(4-8-19)14-21(17-5-9-20(24)10-6-17)25-29-13-12-26-11-1-2-18(15-26)22(27)28/h3-10,18H,1-2,11-15H2,(H,27,28). The Morgan fingerprint density at radius 3 is 2.41 bits per heavy atom. The molecule has 1 atom stereocenters. The Labute approximate surface area is 168 Å². The van der Waals surface area contributed by atoms with E-state index in [9.17, 15) is 18.7 Å². The maximum Gasteiger partial charge on any atom is 0.307 e. The average molecular weight is 402 g/mol. The Kier molecular flexibility index (Phi) is 7.30. The van der Waals surface area contributed by atoms with Crippen LogP contribution in [0.25, 0.3) is 0 Å². The van der Waals surface area contributed by atoms with Gasteiger partial charge in [-0.05, 0) is 54.8 Å². The maximum absolute atomic E-state index is 13.3. The number of aliphatic carboxylic acids is 1. The Morgan fingerprint density at radius 2 is 1.76 bits per heavy atom. The molecule has 5 nitrogen and oxygen atoms in total. The van der Waals surface area contributed by atoms with Gasteiger partial charge < -0.3 is 9.94 Å². The van der Waals surface area contributed by atoms with Crippen molar-refractivity contribution in [3.05, 3.63) is 71.3 Å². The molecule has 0 radical (unpaired) electrons. The number of piperidine rings is 1. The fraction of sp³-hybridized carbons (Fsp3) is 0.364. The lowest BCUT2D eigenvalue weighted by Crippen LogP contribution is -2.40. The fourth-order valence-corrected chi connectivity index (χ4v) is 3.38. The summed E-state index contributed by atoms with van der Waals surface area (Å²) in [5, 5.41) is 13.4. The Balaban J connectivity index is 1.62. The van der Waals surface area contributed by atoms with E-state index in [2.05, 4.69) is 10.1 Å². The number of benzene rings is 2. The molecule has 2 aromatic carbocycles. The lowest BCUT2D eigenvalue weighted by atomic mass is 9.98. The van der Waals surface area contributed by atoms with Crippen molar-refractivity contribution in [1.82, 2.24) is 4.90 Å². The van der Waals surface area contributed by atoms with Gasteiger partial charge in [-0.3, -0.25) is 9.69 Å². The van der Waals surface area contributed by atoms with Crippen molar-refractivity contribution in [3.8, 4) is 0 Å². The fourth-order valence-electron chi connectivity index (χ4n) is 3.38. The van der Waals surface area contributed by atoms with Crippen molar-refractivity contribution >= 4 is 11.7 Å². The van der Waals surface area contributed by atoms with Gasteiger partial charge in [0.25, 0.3) is 0 Å². The highest BCUT2D eigenvalue weighted by Crippen LogP contribution is 2.16. The van der Waals surface area contributed by atoms with Gasteiger partial charge in [0, 0.05) is 19.5 Å². The summed E-state index contributed by atoms with van der Waals surface area (Å²) in [4.78, 5) is 18.7. The molecule has 0 saturated carbocycles. The van der Waals surface area contributed by atoms with Crippen LogP contribution in [0.3, 0.4) is 0 Å². The first-order valence-electron chi connectivity index (χ1n) is 9.65.